The summed E-state index contributed by atoms with van der Waals surface area (Å²) in [5.74, 6) is -0.0407. The number of hydrogen-bond acceptors (Lipinski definition) is 6. The van der Waals surface area contributed by atoms with Crippen molar-refractivity contribution in [3.8, 4) is 0 Å². The number of sulfone groups is 1. The molecule has 6 nitrogen and oxygen atoms in total. The maximum Gasteiger partial charge on any atom is 0.338 e. The van der Waals surface area contributed by atoms with Crippen molar-refractivity contribution in [3.63, 3.8) is 0 Å². The molecule has 0 amide bonds. The lowest BCUT2D eigenvalue weighted by molar-refractivity contribution is -0.135. The summed E-state index contributed by atoms with van der Waals surface area (Å²) in [7, 11) is -2.03. The van der Waals surface area contributed by atoms with Gasteiger partial charge in [0, 0.05) is 28.8 Å². The van der Waals surface area contributed by atoms with Crippen LogP contribution in [0.25, 0.3) is 0 Å². The van der Waals surface area contributed by atoms with Gasteiger partial charge in [0.25, 0.3) is 0 Å². The van der Waals surface area contributed by atoms with E-state index in [1.807, 2.05) is 19.1 Å². The van der Waals surface area contributed by atoms with E-state index >= 15 is 0 Å². The van der Waals surface area contributed by atoms with Crippen molar-refractivity contribution in [2.75, 3.05) is 18.2 Å². The predicted octanol–water partition coefficient (Wildman–Crippen LogP) is 4.37. The first-order valence-electron chi connectivity index (χ1n) is 9.91. The van der Waals surface area contributed by atoms with Crippen molar-refractivity contribution < 1.29 is 17.9 Å². The quantitative estimate of drug-likeness (QED) is 0.624. The second kappa shape index (κ2) is 7.60. The number of aryl methyl sites for hydroxylation is 1. The molecule has 1 aliphatic heterocycles. The number of benzene rings is 1. The molecular formula is C23H23BrN2O4S. The fourth-order valence-electron chi connectivity index (χ4n) is 4.36. The van der Waals surface area contributed by atoms with Gasteiger partial charge in [-0.3, -0.25) is 0 Å². The number of nitrogens with one attached hydrogen (secondary N) is 1. The summed E-state index contributed by atoms with van der Waals surface area (Å²) >= 11 is 3.60. The molecule has 1 aromatic carbocycles. The molecule has 4 rings (SSSR count). The van der Waals surface area contributed by atoms with Crippen LogP contribution in [-0.4, -0.2) is 32.2 Å². The average molecular weight is 503 g/mol. The van der Waals surface area contributed by atoms with Crippen molar-refractivity contribution in [1.82, 2.24) is 4.98 Å². The highest BCUT2D eigenvalue weighted by molar-refractivity contribution is 9.12. The van der Waals surface area contributed by atoms with E-state index in [9.17, 15) is 13.2 Å². The minimum absolute atomic E-state index is 0.0197. The smallest absolute Gasteiger partial charge is 0.338 e. The Kier molecular flexibility index (Phi) is 5.34. The fraction of sp³-hybridized carbons (Fsp3) is 0.304. The van der Waals surface area contributed by atoms with Gasteiger partial charge >= 0.3 is 5.97 Å². The average Bonchev–Trinajstić information content (AvgIpc) is 3.07. The number of carbonyl (C=O) groups is 1. The van der Waals surface area contributed by atoms with Crippen molar-refractivity contribution in [1.29, 1.82) is 0 Å². The van der Waals surface area contributed by atoms with Gasteiger partial charge in [-0.05, 0) is 59.1 Å². The number of nitrogens with zero attached hydrogens (tertiary/aromatic N) is 1. The summed E-state index contributed by atoms with van der Waals surface area (Å²) in [4.78, 5) is 17.4. The lowest BCUT2D eigenvalue weighted by Gasteiger charge is -2.38. The number of esters is 1. The molecule has 0 saturated carbocycles. The summed E-state index contributed by atoms with van der Waals surface area (Å²) in [5.41, 5.74) is 3.42. The molecule has 2 heterocycles. The van der Waals surface area contributed by atoms with Gasteiger partial charge in [0.1, 0.15) is 5.82 Å². The zero-order valence-corrected chi connectivity index (χ0v) is 20.1. The third kappa shape index (κ3) is 3.32. The maximum absolute atomic E-state index is 12.6. The van der Waals surface area contributed by atoms with E-state index in [-0.39, 0.29) is 16.6 Å². The van der Waals surface area contributed by atoms with E-state index in [0.29, 0.717) is 10.1 Å². The van der Waals surface area contributed by atoms with Gasteiger partial charge < -0.3 is 10.1 Å². The first-order valence-corrected chi connectivity index (χ1v) is 12.4. The summed E-state index contributed by atoms with van der Waals surface area (Å²) in [6.45, 7) is 5.69. The normalized spacial score (nSPS) is 22.4. The molecule has 0 radical (unpaired) electrons. The van der Waals surface area contributed by atoms with Crippen molar-refractivity contribution in [2.45, 2.75) is 37.0 Å². The molecule has 0 fully saturated rings. The number of hydrogen-bond donors (Lipinski definition) is 1. The first-order chi connectivity index (χ1) is 14.6. The molecule has 2 aromatic rings. The standard InChI is InChI=1S/C23H23BrN2O4S/c1-5-31(28,29)15-8-6-7-14(10-15)17-11-16(22(27)30-4)19(24)20-23(17,3)18-9-13(2)12-25-21(18)26-20/h6-12,17H,5H2,1-4H3,(H,25,26). The second-order valence-corrected chi connectivity index (χ2v) is 11.0. The van der Waals surface area contributed by atoms with Crippen LogP contribution in [0, 0.1) is 6.92 Å². The largest absolute Gasteiger partial charge is 0.465 e. The highest BCUT2D eigenvalue weighted by atomic mass is 79.9. The number of pyridine rings is 1. The Balaban J connectivity index is 1.99. The van der Waals surface area contributed by atoms with Gasteiger partial charge in [0.15, 0.2) is 9.84 Å². The summed E-state index contributed by atoms with van der Waals surface area (Å²) in [6.07, 6.45) is 3.65. The molecule has 2 aliphatic rings. The first kappa shape index (κ1) is 21.8. The number of rotatable bonds is 4. The Hall–Kier alpha value is -2.45. The third-order valence-electron chi connectivity index (χ3n) is 6.12. The highest BCUT2D eigenvalue weighted by Gasteiger charge is 2.50. The molecular weight excluding hydrogens is 480 g/mol. The van der Waals surface area contributed by atoms with Crippen LogP contribution in [0.1, 0.15) is 36.5 Å². The van der Waals surface area contributed by atoms with Crippen molar-refractivity contribution in [2.24, 2.45) is 0 Å². The monoisotopic (exact) mass is 502 g/mol. The lowest BCUT2D eigenvalue weighted by atomic mass is 9.65. The number of carbonyl (C=O) groups excluding carboxylic acids is 1. The lowest BCUT2D eigenvalue weighted by Crippen LogP contribution is -2.34. The Morgan fingerprint density at radius 3 is 2.74 bits per heavy atom. The van der Waals surface area contributed by atoms with E-state index in [1.54, 1.807) is 31.3 Å². The molecule has 1 aromatic heterocycles. The van der Waals surface area contributed by atoms with Crippen LogP contribution >= 0.6 is 15.9 Å². The molecule has 1 aliphatic carbocycles. The summed E-state index contributed by atoms with van der Waals surface area (Å²) in [6, 6.07) is 9.04. The third-order valence-corrected chi connectivity index (χ3v) is 8.68. The fourth-order valence-corrected chi connectivity index (χ4v) is 6.10. The molecule has 2 atom stereocenters. The Labute approximate surface area is 190 Å². The summed E-state index contributed by atoms with van der Waals surface area (Å²) < 4.78 is 30.7. The second-order valence-electron chi connectivity index (χ2n) is 7.95. The predicted molar refractivity (Wildman–Crippen MR) is 123 cm³/mol. The van der Waals surface area contributed by atoms with E-state index < -0.39 is 21.2 Å². The van der Waals surface area contributed by atoms with Gasteiger partial charge in [-0.25, -0.2) is 18.2 Å². The SMILES string of the molecule is CCS(=O)(=O)c1cccc(C2C=C(C(=O)OC)C(Br)=C3Nc4ncc(C)cc4C32C)c1. The van der Waals surface area contributed by atoms with Crippen LogP contribution in [0.5, 0.6) is 0 Å². The Bertz CT molecular complexity index is 1270. The van der Waals surface area contributed by atoms with E-state index in [0.717, 1.165) is 28.2 Å². The number of aromatic nitrogens is 1. The molecule has 0 saturated heterocycles. The van der Waals surface area contributed by atoms with Crippen molar-refractivity contribution in [3.05, 3.63) is 75.0 Å². The number of fused-ring (bicyclic) bond motifs is 3. The molecule has 162 valence electrons. The minimum atomic E-state index is -3.38. The van der Waals surface area contributed by atoms with Crippen molar-refractivity contribution >= 4 is 37.6 Å². The van der Waals surface area contributed by atoms with Crippen LogP contribution in [-0.2, 0) is 24.8 Å². The zero-order chi connectivity index (χ0) is 22.6. The van der Waals surface area contributed by atoms with Gasteiger partial charge in [-0.2, -0.15) is 0 Å². The van der Waals surface area contributed by atoms with E-state index in [1.165, 1.54) is 7.11 Å². The Morgan fingerprint density at radius 2 is 2.06 bits per heavy atom. The van der Waals surface area contributed by atoms with E-state index in [4.69, 9.17) is 4.74 Å². The molecule has 0 spiro atoms. The number of ether oxygens (including phenoxy) is 1. The summed E-state index contributed by atoms with van der Waals surface area (Å²) in [5, 5.41) is 3.37. The number of allylic oxidation sites excluding steroid dienone is 2. The molecule has 31 heavy (non-hydrogen) atoms. The Morgan fingerprint density at radius 1 is 1.32 bits per heavy atom. The maximum atomic E-state index is 12.6. The highest BCUT2D eigenvalue weighted by Crippen LogP contribution is 2.57. The molecule has 0 bridgehead atoms. The van der Waals surface area contributed by atoms with Gasteiger partial charge in [0.2, 0.25) is 0 Å². The molecule has 8 heteroatoms. The number of halogens is 1. The van der Waals surface area contributed by atoms with Crippen LogP contribution < -0.4 is 5.32 Å². The molecule has 1 N–H and O–H groups in total. The van der Waals surface area contributed by atoms with Gasteiger partial charge in [-0.1, -0.05) is 25.1 Å². The number of methoxy groups -OCH3 is 1. The van der Waals surface area contributed by atoms with E-state index in [2.05, 4.69) is 39.2 Å². The van der Waals surface area contributed by atoms with Crippen LogP contribution in [0.2, 0.25) is 0 Å². The van der Waals surface area contributed by atoms with Gasteiger partial charge in [-0.15, -0.1) is 0 Å². The topological polar surface area (TPSA) is 85.4 Å². The number of anilines is 1. The van der Waals surface area contributed by atoms with Gasteiger partial charge in [0.05, 0.1) is 27.8 Å². The molecule has 2 unspecified atom stereocenters. The minimum Gasteiger partial charge on any atom is -0.465 e. The van der Waals surface area contributed by atoms with Crippen LogP contribution in [0.4, 0.5) is 5.82 Å². The zero-order valence-electron chi connectivity index (χ0n) is 17.7. The van der Waals surface area contributed by atoms with Crippen LogP contribution in [0.15, 0.2) is 63.3 Å². The van der Waals surface area contributed by atoms with Crippen LogP contribution in [0.3, 0.4) is 0 Å².